The Hall–Kier alpha value is -3.87. The van der Waals surface area contributed by atoms with E-state index in [0.29, 0.717) is 36.9 Å². The second kappa shape index (κ2) is 9.17. The first-order chi connectivity index (χ1) is 16.5. The Balaban J connectivity index is 1.21. The average molecular weight is 459 g/mol. The van der Waals surface area contributed by atoms with Gasteiger partial charge in [-0.1, -0.05) is 42.5 Å². The number of carbonyl (C=O) groups excluding carboxylic acids is 1. The standard InChI is InChI=1S/C27H26N2O5/c1-29-24-13-20(26(30)31)14-25(23(24)15-28-29)34-21-11-9-18(10-12-21)27(32)33-16-19-7-4-6-17-5-2-3-8-22(17)19/h2-8,13-15,18,21H,9-12,16H2,1H3,(H,30,31). The molecule has 1 heterocycles. The lowest BCUT2D eigenvalue weighted by atomic mass is 9.87. The van der Waals surface area contributed by atoms with Gasteiger partial charge in [-0.3, -0.25) is 9.48 Å². The maximum Gasteiger partial charge on any atom is 0.335 e. The third kappa shape index (κ3) is 4.33. The Labute approximate surface area is 196 Å². The third-order valence-electron chi connectivity index (χ3n) is 6.63. The van der Waals surface area contributed by atoms with Crippen LogP contribution in [0.1, 0.15) is 41.6 Å². The van der Waals surface area contributed by atoms with E-state index in [1.165, 1.54) is 0 Å². The van der Waals surface area contributed by atoms with Crippen molar-refractivity contribution >= 4 is 33.6 Å². The van der Waals surface area contributed by atoms with E-state index < -0.39 is 5.97 Å². The fourth-order valence-corrected chi connectivity index (χ4v) is 4.72. The summed E-state index contributed by atoms with van der Waals surface area (Å²) >= 11 is 0. The van der Waals surface area contributed by atoms with Gasteiger partial charge < -0.3 is 14.6 Å². The maximum absolute atomic E-state index is 12.7. The summed E-state index contributed by atoms with van der Waals surface area (Å²) in [6.45, 7) is 0.261. The SMILES string of the molecule is Cn1ncc2c(OC3CCC(C(=O)OCc4cccc5ccccc45)CC3)cc(C(=O)O)cc21. The quantitative estimate of drug-likeness (QED) is 0.404. The molecule has 0 radical (unpaired) electrons. The molecule has 5 rings (SSSR count). The lowest BCUT2D eigenvalue weighted by Crippen LogP contribution is -2.29. The number of esters is 1. The van der Waals surface area contributed by atoms with Crippen LogP contribution < -0.4 is 4.74 Å². The largest absolute Gasteiger partial charge is 0.490 e. The second-order valence-corrected chi connectivity index (χ2v) is 8.82. The van der Waals surface area contributed by atoms with E-state index in [9.17, 15) is 14.7 Å². The number of aryl methyl sites for hydroxylation is 1. The van der Waals surface area contributed by atoms with Crippen molar-refractivity contribution in [3.8, 4) is 5.75 Å². The number of carboxylic acids is 1. The van der Waals surface area contributed by atoms with E-state index in [1.807, 2.05) is 42.5 Å². The van der Waals surface area contributed by atoms with E-state index >= 15 is 0 Å². The van der Waals surface area contributed by atoms with Gasteiger partial charge in [-0.05, 0) is 54.2 Å². The van der Waals surface area contributed by atoms with Gasteiger partial charge in [0.1, 0.15) is 12.4 Å². The number of fused-ring (bicyclic) bond motifs is 2. The molecule has 3 aromatic carbocycles. The molecule has 174 valence electrons. The first-order valence-electron chi connectivity index (χ1n) is 11.5. The molecule has 0 spiro atoms. The number of hydrogen-bond donors (Lipinski definition) is 1. The van der Waals surface area contributed by atoms with Crippen molar-refractivity contribution in [2.45, 2.75) is 38.4 Å². The summed E-state index contributed by atoms with van der Waals surface area (Å²) in [5.41, 5.74) is 1.87. The Bertz CT molecular complexity index is 1360. The van der Waals surface area contributed by atoms with Gasteiger partial charge in [0.05, 0.1) is 34.7 Å². The molecule has 0 aliphatic heterocycles. The molecule has 0 atom stereocenters. The van der Waals surface area contributed by atoms with Crippen molar-refractivity contribution in [3.05, 3.63) is 71.9 Å². The number of ether oxygens (including phenoxy) is 2. The van der Waals surface area contributed by atoms with Gasteiger partial charge >= 0.3 is 11.9 Å². The molecule has 0 bridgehead atoms. The highest BCUT2D eigenvalue weighted by Crippen LogP contribution is 2.33. The fraction of sp³-hybridized carbons (Fsp3) is 0.296. The lowest BCUT2D eigenvalue weighted by Gasteiger charge is -2.28. The molecular formula is C27H26N2O5. The van der Waals surface area contributed by atoms with Crippen molar-refractivity contribution in [3.63, 3.8) is 0 Å². The molecule has 4 aromatic rings. The average Bonchev–Trinajstić information content (AvgIpc) is 3.24. The molecule has 1 fully saturated rings. The predicted octanol–water partition coefficient (Wildman–Crippen LogP) is 5.11. The molecule has 7 heteroatoms. The van der Waals surface area contributed by atoms with Gasteiger partial charge in [0.2, 0.25) is 0 Å². The summed E-state index contributed by atoms with van der Waals surface area (Å²) in [4.78, 5) is 24.3. The van der Waals surface area contributed by atoms with Crippen molar-refractivity contribution in [1.82, 2.24) is 9.78 Å². The normalized spacial score (nSPS) is 18.1. The van der Waals surface area contributed by atoms with Crippen LogP contribution in [0, 0.1) is 5.92 Å². The summed E-state index contributed by atoms with van der Waals surface area (Å²) in [6.07, 6.45) is 4.35. The summed E-state index contributed by atoms with van der Waals surface area (Å²) in [6, 6.07) is 17.2. The minimum Gasteiger partial charge on any atom is -0.490 e. The smallest absolute Gasteiger partial charge is 0.335 e. The lowest BCUT2D eigenvalue weighted by molar-refractivity contribution is -0.151. The van der Waals surface area contributed by atoms with Gasteiger partial charge in [-0.2, -0.15) is 5.10 Å². The molecule has 1 N–H and O–H groups in total. The van der Waals surface area contributed by atoms with Crippen LogP contribution in [0.2, 0.25) is 0 Å². The van der Waals surface area contributed by atoms with Crippen LogP contribution in [0.3, 0.4) is 0 Å². The highest BCUT2D eigenvalue weighted by atomic mass is 16.5. The van der Waals surface area contributed by atoms with Crippen LogP contribution >= 0.6 is 0 Å². The predicted molar refractivity (Wildman–Crippen MR) is 128 cm³/mol. The highest BCUT2D eigenvalue weighted by molar-refractivity contribution is 5.96. The summed E-state index contributed by atoms with van der Waals surface area (Å²) in [5, 5.41) is 16.7. The van der Waals surface area contributed by atoms with Gasteiger partial charge in [-0.25, -0.2) is 4.79 Å². The van der Waals surface area contributed by atoms with Crippen LogP contribution in [-0.2, 0) is 23.2 Å². The van der Waals surface area contributed by atoms with Crippen LogP contribution in [0.25, 0.3) is 21.7 Å². The minimum atomic E-state index is -1.01. The van der Waals surface area contributed by atoms with Gasteiger partial charge in [0.25, 0.3) is 0 Å². The number of carboxylic acid groups (broad SMARTS) is 1. The molecule has 1 aliphatic carbocycles. The number of hydrogen-bond acceptors (Lipinski definition) is 5. The Kier molecular flexibility index (Phi) is 5.92. The number of nitrogens with zero attached hydrogens (tertiary/aromatic N) is 2. The molecule has 1 saturated carbocycles. The summed E-state index contributed by atoms with van der Waals surface area (Å²) in [5.74, 6) is -0.817. The first kappa shape index (κ1) is 21.9. The van der Waals surface area contributed by atoms with Gasteiger partial charge in [-0.15, -0.1) is 0 Å². The van der Waals surface area contributed by atoms with E-state index in [-0.39, 0.29) is 30.2 Å². The number of aromatic nitrogens is 2. The number of carbonyl (C=O) groups is 2. The van der Waals surface area contributed by atoms with E-state index in [2.05, 4.69) is 5.10 Å². The van der Waals surface area contributed by atoms with Crippen LogP contribution in [0.15, 0.2) is 60.8 Å². The number of benzene rings is 3. The van der Waals surface area contributed by atoms with E-state index in [0.717, 1.165) is 21.7 Å². The van der Waals surface area contributed by atoms with Crippen LogP contribution in [0.4, 0.5) is 0 Å². The van der Waals surface area contributed by atoms with Crippen molar-refractivity contribution < 1.29 is 24.2 Å². The molecule has 0 unspecified atom stereocenters. The van der Waals surface area contributed by atoms with Crippen LogP contribution in [-0.4, -0.2) is 32.9 Å². The Morgan fingerprint density at radius 3 is 2.59 bits per heavy atom. The van der Waals surface area contributed by atoms with Gasteiger partial charge in [0.15, 0.2) is 0 Å². The summed E-state index contributed by atoms with van der Waals surface area (Å²) in [7, 11) is 1.77. The van der Waals surface area contributed by atoms with E-state index in [4.69, 9.17) is 9.47 Å². The molecule has 0 saturated heterocycles. The third-order valence-corrected chi connectivity index (χ3v) is 6.63. The van der Waals surface area contributed by atoms with Crippen molar-refractivity contribution in [2.75, 3.05) is 0 Å². The van der Waals surface area contributed by atoms with Gasteiger partial charge in [0, 0.05) is 7.05 Å². The zero-order chi connectivity index (χ0) is 23.7. The van der Waals surface area contributed by atoms with Crippen molar-refractivity contribution in [1.29, 1.82) is 0 Å². The minimum absolute atomic E-state index is 0.0884. The zero-order valence-corrected chi connectivity index (χ0v) is 18.9. The van der Waals surface area contributed by atoms with E-state index in [1.54, 1.807) is 30.1 Å². The maximum atomic E-state index is 12.7. The fourth-order valence-electron chi connectivity index (χ4n) is 4.72. The molecule has 1 aromatic heterocycles. The Morgan fingerprint density at radius 1 is 1.03 bits per heavy atom. The number of aromatic carboxylic acids is 1. The molecule has 34 heavy (non-hydrogen) atoms. The molecule has 1 aliphatic rings. The molecular weight excluding hydrogens is 432 g/mol. The molecule has 0 amide bonds. The van der Waals surface area contributed by atoms with Crippen molar-refractivity contribution in [2.24, 2.45) is 13.0 Å². The number of rotatable bonds is 6. The summed E-state index contributed by atoms with van der Waals surface area (Å²) < 4.78 is 13.5. The molecule has 7 nitrogen and oxygen atoms in total. The topological polar surface area (TPSA) is 90.7 Å². The Morgan fingerprint density at radius 2 is 1.79 bits per heavy atom. The second-order valence-electron chi connectivity index (χ2n) is 8.82. The zero-order valence-electron chi connectivity index (χ0n) is 18.9. The highest BCUT2D eigenvalue weighted by Gasteiger charge is 2.29. The van der Waals surface area contributed by atoms with Crippen LogP contribution in [0.5, 0.6) is 5.75 Å². The first-order valence-corrected chi connectivity index (χ1v) is 11.5. The monoisotopic (exact) mass is 458 g/mol.